The highest BCUT2D eigenvalue weighted by Crippen LogP contribution is 2.17. The van der Waals surface area contributed by atoms with Crippen molar-refractivity contribution in [1.82, 2.24) is 10.3 Å². The van der Waals surface area contributed by atoms with Crippen LogP contribution in [-0.2, 0) is 11.3 Å². The zero-order valence-corrected chi connectivity index (χ0v) is 15.6. The fraction of sp³-hybridized carbons (Fsp3) is 0.250. The maximum atomic E-state index is 12.6. The summed E-state index contributed by atoms with van der Waals surface area (Å²) >= 11 is 0. The van der Waals surface area contributed by atoms with Crippen molar-refractivity contribution in [3.8, 4) is 0 Å². The van der Waals surface area contributed by atoms with Gasteiger partial charge in [-0.15, -0.1) is 0 Å². The zero-order valence-electron chi connectivity index (χ0n) is 15.6. The Morgan fingerprint density at radius 1 is 1.37 bits per heavy atom. The van der Waals surface area contributed by atoms with E-state index in [1.54, 1.807) is 25.5 Å². The summed E-state index contributed by atoms with van der Waals surface area (Å²) in [6, 6.07) is 11.3. The van der Waals surface area contributed by atoms with Crippen molar-refractivity contribution in [1.29, 1.82) is 0 Å². The van der Waals surface area contributed by atoms with E-state index in [9.17, 15) is 4.79 Å². The van der Waals surface area contributed by atoms with Gasteiger partial charge in [0, 0.05) is 42.8 Å². The van der Waals surface area contributed by atoms with Gasteiger partial charge in [-0.1, -0.05) is 30.3 Å². The van der Waals surface area contributed by atoms with E-state index in [0.29, 0.717) is 24.4 Å². The minimum absolute atomic E-state index is 0.151. The first-order valence-corrected chi connectivity index (χ1v) is 8.57. The molecule has 1 amide bonds. The summed E-state index contributed by atoms with van der Waals surface area (Å²) < 4.78 is 5.66. The van der Waals surface area contributed by atoms with Crippen LogP contribution in [0.25, 0.3) is 5.57 Å². The molecule has 0 radical (unpaired) electrons. The summed E-state index contributed by atoms with van der Waals surface area (Å²) in [6.45, 7) is 2.73. The van der Waals surface area contributed by atoms with Gasteiger partial charge < -0.3 is 21.5 Å². The molecule has 7 heteroatoms. The Morgan fingerprint density at radius 2 is 2.11 bits per heavy atom. The van der Waals surface area contributed by atoms with E-state index in [1.165, 1.54) is 6.20 Å². The van der Waals surface area contributed by atoms with Crippen LogP contribution in [-0.4, -0.2) is 36.8 Å². The van der Waals surface area contributed by atoms with Gasteiger partial charge in [-0.05, 0) is 18.6 Å². The largest absolute Gasteiger partial charge is 0.404 e. The third kappa shape index (κ3) is 5.93. The molecule has 1 aromatic carbocycles. The molecule has 0 aliphatic carbocycles. The van der Waals surface area contributed by atoms with Gasteiger partial charge >= 0.3 is 0 Å². The molecule has 27 heavy (non-hydrogen) atoms. The molecule has 0 saturated heterocycles. The number of nitrogen functional groups attached to an aromatic ring is 1. The first-order valence-electron chi connectivity index (χ1n) is 8.57. The van der Waals surface area contributed by atoms with Crippen molar-refractivity contribution in [2.75, 3.05) is 19.4 Å². The number of carbonyl (C=O) groups excluding carboxylic acids is 1. The molecule has 0 saturated carbocycles. The molecule has 1 atom stereocenters. The Bertz CT molecular complexity index is 818. The predicted molar refractivity (Wildman–Crippen MR) is 108 cm³/mol. The van der Waals surface area contributed by atoms with Crippen molar-refractivity contribution < 1.29 is 9.53 Å². The molecule has 5 N–H and O–H groups in total. The van der Waals surface area contributed by atoms with Crippen LogP contribution in [0.3, 0.4) is 0 Å². The lowest BCUT2D eigenvalue weighted by molar-refractivity contribution is 0.0821. The average molecular weight is 367 g/mol. The van der Waals surface area contributed by atoms with E-state index < -0.39 is 0 Å². The van der Waals surface area contributed by atoms with E-state index in [1.807, 2.05) is 37.3 Å². The number of carbonyl (C=O) groups is 1. The number of nitrogens with zero attached hydrogens (tertiary/aromatic N) is 2. The number of anilines is 1. The molecular formula is C20H25N5O2. The van der Waals surface area contributed by atoms with Crippen LogP contribution in [0, 0.1) is 0 Å². The van der Waals surface area contributed by atoms with E-state index in [0.717, 1.165) is 5.56 Å². The molecule has 2 aromatic rings. The van der Waals surface area contributed by atoms with Crippen molar-refractivity contribution >= 4 is 23.5 Å². The third-order valence-electron chi connectivity index (χ3n) is 3.80. The van der Waals surface area contributed by atoms with Crippen LogP contribution in [0.2, 0.25) is 0 Å². The van der Waals surface area contributed by atoms with Gasteiger partial charge in [-0.2, -0.15) is 0 Å². The summed E-state index contributed by atoms with van der Waals surface area (Å²) in [4.78, 5) is 20.6. The molecule has 1 heterocycles. The van der Waals surface area contributed by atoms with Gasteiger partial charge in [0.1, 0.15) is 5.82 Å². The number of ether oxygens (including phenoxy) is 1. The predicted octanol–water partition coefficient (Wildman–Crippen LogP) is 2.00. The standard InChI is InChI=1S/C20H25N5O2/c1-14(12-27-13-15-6-4-3-5-7-15)25-20(26)18-8-16(11-24-19(18)22)17(9-21)10-23-2/h3-11,14H,12-13,21H2,1-2H3,(H2,22,24)(H,25,26). The smallest absolute Gasteiger partial charge is 0.255 e. The number of rotatable bonds is 8. The first kappa shape index (κ1) is 20.1. The number of nitrogens with two attached hydrogens (primary N) is 2. The maximum Gasteiger partial charge on any atom is 0.255 e. The molecule has 1 aromatic heterocycles. The number of hydrogen-bond donors (Lipinski definition) is 3. The summed E-state index contributed by atoms with van der Waals surface area (Å²) in [7, 11) is 1.64. The second-order valence-corrected chi connectivity index (χ2v) is 6.04. The quantitative estimate of drug-likeness (QED) is 0.617. The second kappa shape index (κ2) is 10.1. The van der Waals surface area contributed by atoms with Crippen molar-refractivity contribution in [3.05, 3.63) is 65.5 Å². The Hall–Kier alpha value is -3.19. The van der Waals surface area contributed by atoms with Crippen molar-refractivity contribution in [3.63, 3.8) is 0 Å². The molecule has 0 bridgehead atoms. The Morgan fingerprint density at radius 3 is 2.78 bits per heavy atom. The second-order valence-electron chi connectivity index (χ2n) is 6.04. The molecule has 142 valence electrons. The highest BCUT2D eigenvalue weighted by Gasteiger charge is 2.15. The summed E-state index contributed by atoms with van der Waals surface area (Å²) in [5.41, 5.74) is 14.2. The van der Waals surface area contributed by atoms with Crippen LogP contribution in [0.15, 0.2) is 53.8 Å². The lowest BCUT2D eigenvalue weighted by Crippen LogP contribution is -2.36. The number of nitrogens with one attached hydrogen (secondary N) is 1. The lowest BCUT2D eigenvalue weighted by atomic mass is 10.1. The number of hydrogen-bond acceptors (Lipinski definition) is 6. The average Bonchev–Trinajstić information content (AvgIpc) is 2.67. The highest BCUT2D eigenvalue weighted by atomic mass is 16.5. The Labute approximate surface area is 159 Å². The third-order valence-corrected chi connectivity index (χ3v) is 3.80. The van der Waals surface area contributed by atoms with Crippen LogP contribution in [0.4, 0.5) is 5.82 Å². The number of pyridine rings is 1. The molecule has 2 rings (SSSR count). The molecular weight excluding hydrogens is 342 g/mol. The van der Waals surface area contributed by atoms with Crippen LogP contribution in [0.1, 0.15) is 28.4 Å². The fourth-order valence-corrected chi connectivity index (χ4v) is 2.44. The highest BCUT2D eigenvalue weighted by molar-refractivity contribution is 6.10. The number of aromatic nitrogens is 1. The zero-order chi connectivity index (χ0) is 19.6. The fourth-order valence-electron chi connectivity index (χ4n) is 2.44. The lowest BCUT2D eigenvalue weighted by Gasteiger charge is -2.15. The van der Waals surface area contributed by atoms with Crippen molar-refractivity contribution in [2.24, 2.45) is 10.7 Å². The number of benzene rings is 1. The monoisotopic (exact) mass is 367 g/mol. The normalized spacial score (nSPS) is 12.9. The van der Waals surface area contributed by atoms with E-state index in [4.69, 9.17) is 16.2 Å². The molecule has 0 spiro atoms. The molecule has 7 nitrogen and oxygen atoms in total. The minimum Gasteiger partial charge on any atom is -0.404 e. The first-order chi connectivity index (χ1) is 13.0. The Balaban J connectivity index is 1.98. The van der Waals surface area contributed by atoms with E-state index in [2.05, 4.69) is 15.3 Å². The SMILES string of the molecule is CN=CC(=CN)c1cnc(N)c(C(=O)NC(C)COCc2ccccc2)c1. The van der Waals surface area contributed by atoms with E-state index >= 15 is 0 Å². The molecule has 1 unspecified atom stereocenters. The van der Waals surface area contributed by atoms with Gasteiger partial charge in [0.15, 0.2) is 0 Å². The molecule has 0 aliphatic rings. The van der Waals surface area contributed by atoms with Crippen LogP contribution < -0.4 is 16.8 Å². The molecule has 0 aliphatic heterocycles. The van der Waals surface area contributed by atoms with Gasteiger partial charge in [-0.25, -0.2) is 4.98 Å². The maximum absolute atomic E-state index is 12.6. The number of allylic oxidation sites excluding steroid dienone is 1. The van der Waals surface area contributed by atoms with E-state index in [-0.39, 0.29) is 23.3 Å². The molecule has 0 fully saturated rings. The van der Waals surface area contributed by atoms with Gasteiger partial charge in [0.25, 0.3) is 5.91 Å². The Kier molecular flexibility index (Phi) is 7.51. The minimum atomic E-state index is -0.317. The van der Waals surface area contributed by atoms with Gasteiger partial charge in [-0.3, -0.25) is 9.79 Å². The number of aliphatic imine (C=N–C) groups is 1. The van der Waals surface area contributed by atoms with Crippen LogP contribution >= 0.6 is 0 Å². The topological polar surface area (TPSA) is 116 Å². The number of amides is 1. The van der Waals surface area contributed by atoms with Crippen molar-refractivity contribution in [2.45, 2.75) is 19.6 Å². The summed E-state index contributed by atoms with van der Waals surface area (Å²) in [6.07, 6.45) is 4.55. The van der Waals surface area contributed by atoms with Gasteiger partial charge in [0.2, 0.25) is 0 Å². The summed E-state index contributed by atoms with van der Waals surface area (Å²) in [5.74, 6) is -0.166. The van der Waals surface area contributed by atoms with Crippen LogP contribution in [0.5, 0.6) is 0 Å². The van der Waals surface area contributed by atoms with Gasteiger partial charge in [0.05, 0.1) is 18.8 Å². The summed E-state index contributed by atoms with van der Waals surface area (Å²) in [5, 5.41) is 2.87.